The molecule has 1 atom stereocenters. The SMILES string of the molecule is O=C(O)CC(NCCO)C(=O)c1cccs1. The molecule has 0 radical (unpaired) electrons. The molecule has 0 fully saturated rings. The first-order chi connectivity index (χ1) is 7.65. The maximum absolute atomic E-state index is 11.9. The normalized spacial score (nSPS) is 12.3. The van der Waals surface area contributed by atoms with Crippen LogP contribution < -0.4 is 5.32 Å². The van der Waals surface area contributed by atoms with Gasteiger partial charge in [0, 0.05) is 6.54 Å². The van der Waals surface area contributed by atoms with Gasteiger partial charge in [-0.2, -0.15) is 0 Å². The summed E-state index contributed by atoms with van der Waals surface area (Å²) in [6.45, 7) is 0.0723. The fourth-order valence-corrected chi connectivity index (χ4v) is 1.98. The number of carboxylic acid groups (broad SMARTS) is 1. The van der Waals surface area contributed by atoms with Crippen LogP contribution in [0.5, 0.6) is 0 Å². The van der Waals surface area contributed by atoms with Crippen molar-refractivity contribution in [1.29, 1.82) is 0 Å². The molecule has 16 heavy (non-hydrogen) atoms. The Bertz CT molecular complexity index is 350. The highest BCUT2D eigenvalue weighted by Crippen LogP contribution is 2.12. The second kappa shape index (κ2) is 6.37. The number of carboxylic acids is 1. The van der Waals surface area contributed by atoms with E-state index in [2.05, 4.69) is 5.32 Å². The van der Waals surface area contributed by atoms with Crippen molar-refractivity contribution < 1.29 is 19.8 Å². The van der Waals surface area contributed by atoms with Gasteiger partial charge in [0.15, 0.2) is 5.78 Å². The maximum atomic E-state index is 11.9. The summed E-state index contributed by atoms with van der Waals surface area (Å²) < 4.78 is 0. The minimum absolute atomic E-state index is 0.131. The third-order valence-electron chi connectivity index (χ3n) is 1.96. The molecule has 0 spiro atoms. The number of Topliss-reactive ketones (excluding diaryl/α,β-unsaturated/α-hetero) is 1. The predicted molar refractivity (Wildman–Crippen MR) is 59.8 cm³/mol. The molecular formula is C10H13NO4S. The van der Waals surface area contributed by atoms with Crippen molar-refractivity contribution in [3.63, 3.8) is 0 Å². The van der Waals surface area contributed by atoms with Crippen molar-refractivity contribution in [2.24, 2.45) is 0 Å². The summed E-state index contributed by atoms with van der Waals surface area (Å²) in [6.07, 6.45) is -0.281. The molecule has 0 aliphatic heterocycles. The summed E-state index contributed by atoms with van der Waals surface area (Å²) in [5, 5.41) is 21.8. The Morgan fingerprint density at radius 3 is 2.75 bits per heavy atom. The molecule has 1 heterocycles. The molecule has 1 rings (SSSR count). The van der Waals surface area contributed by atoms with Gasteiger partial charge in [0.2, 0.25) is 0 Å². The van der Waals surface area contributed by atoms with Crippen molar-refractivity contribution in [2.75, 3.05) is 13.2 Å². The highest BCUT2D eigenvalue weighted by atomic mass is 32.1. The highest BCUT2D eigenvalue weighted by Gasteiger charge is 2.22. The minimum Gasteiger partial charge on any atom is -0.481 e. The lowest BCUT2D eigenvalue weighted by Crippen LogP contribution is -2.39. The number of carbonyl (C=O) groups is 2. The number of rotatable bonds is 7. The van der Waals surface area contributed by atoms with E-state index < -0.39 is 12.0 Å². The van der Waals surface area contributed by atoms with E-state index in [0.717, 1.165) is 0 Å². The molecular weight excluding hydrogens is 230 g/mol. The van der Waals surface area contributed by atoms with E-state index >= 15 is 0 Å². The number of nitrogens with one attached hydrogen (secondary N) is 1. The van der Waals surface area contributed by atoms with Crippen LogP contribution in [0.25, 0.3) is 0 Å². The largest absolute Gasteiger partial charge is 0.481 e. The van der Waals surface area contributed by atoms with E-state index in [1.807, 2.05) is 0 Å². The van der Waals surface area contributed by atoms with Gasteiger partial charge in [-0.3, -0.25) is 9.59 Å². The Morgan fingerprint density at radius 2 is 2.25 bits per heavy atom. The molecule has 3 N–H and O–H groups in total. The van der Waals surface area contributed by atoms with Crippen LogP contribution in [0.2, 0.25) is 0 Å². The van der Waals surface area contributed by atoms with Gasteiger partial charge >= 0.3 is 5.97 Å². The third-order valence-corrected chi connectivity index (χ3v) is 2.85. The van der Waals surface area contributed by atoms with E-state index in [4.69, 9.17) is 10.2 Å². The quantitative estimate of drug-likeness (QED) is 0.602. The fraction of sp³-hybridized carbons (Fsp3) is 0.400. The number of aliphatic hydroxyl groups is 1. The van der Waals surface area contributed by atoms with Crippen molar-refractivity contribution >= 4 is 23.1 Å². The molecule has 1 aromatic rings. The van der Waals surface area contributed by atoms with Crippen LogP contribution in [0.3, 0.4) is 0 Å². The number of aliphatic carboxylic acids is 1. The van der Waals surface area contributed by atoms with Gasteiger partial charge in [-0.25, -0.2) is 0 Å². The second-order valence-electron chi connectivity index (χ2n) is 3.17. The average molecular weight is 243 g/mol. The van der Waals surface area contributed by atoms with Gasteiger partial charge in [-0.15, -0.1) is 11.3 Å². The molecule has 1 unspecified atom stereocenters. The van der Waals surface area contributed by atoms with E-state index in [1.54, 1.807) is 17.5 Å². The summed E-state index contributed by atoms with van der Waals surface area (Å²) in [5.74, 6) is -1.29. The molecule has 0 saturated carbocycles. The topological polar surface area (TPSA) is 86.6 Å². The van der Waals surface area contributed by atoms with E-state index in [1.165, 1.54) is 11.3 Å². The van der Waals surface area contributed by atoms with Crippen LogP contribution >= 0.6 is 11.3 Å². The third kappa shape index (κ3) is 3.73. The fourth-order valence-electron chi connectivity index (χ4n) is 1.26. The zero-order valence-electron chi connectivity index (χ0n) is 8.55. The summed E-state index contributed by atoms with van der Waals surface area (Å²) in [6, 6.07) is 2.62. The highest BCUT2D eigenvalue weighted by molar-refractivity contribution is 7.12. The molecule has 5 nitrogen and oxygen atoms in total. The van der Waals surface area contributed by atoms with Gasteiger partial charge in [0.05, 0.1) is 23.9 Å². The molecule has 0 aliphatic carbocycles. The van der Waals surface area contributed by atoms with E-state index in [0.29, 0.717) is 4.88 Å². The smallest absolute Gasteiger partial charge is 0.305 e. The summed E-state index contributed by atoms with van der Waals surface area (Å²) >= 11 is 1.27. The van der Waals surface area contributed by atoms with E-state index in [9.17, 15) is 9.59 Å². The average Bonchev–Trinajstić information content (AvgIpc) is 2.76. The second-order valence-corrected chi connectivity index (χ2v) is 4.12. The lowest BCUT2D eigenvalue weighted by molar-refractivity contribution is -0.137. The molecule has 0 aliphatic rings. The lowest BCUT2D eigenvalue weighted by atomic mass is 10.1. The number of carbonyl (C=O) groups excluding carboxylic acids is 1. The summed E-state index contributed by atoms with van der Waals surface area (Å²) in [7, 11) is 0. The van der Waals surface area contributed by atoms with Crippen LogP contribution in [0.1, 0.15) is 16.1 Å². The minimum atomic E-state index is -1.04. The standard InChI is InChI=1S/C10H13NO4S/c12-4-3-11-7(6-9(13)14)10(15)8-2-1-5-16-8/h1-2,5,7,11-12H,3-4,6H2,(H,13,14). The number of aliphatic hydroxyl groups excluding tert-OH is 1. The van der Waals surface area contributed by atoms with Gasteiger partial charge in [-0.05, 0) is 11.4 Å². The Morgan fingerprint density at radius 1 is 1.50 bits per heavy atom. The van der Waals surface area contributed by atoms with Gasteiger partial charge in [-0.1, -0.05) is 6.07 Å². The molecule has 88 valence electrons. The molecule has 0 bridgehead atoms. The molecule has 0 saturated heterocycles. The summed E-state index contributed by atoms with van der Waals surface area (Å²) in [5.41, 5.74) is 0. The number of ketones is 1. The molecule has 1 aromatic heterocycles. The Labute approximate surface area is 96.7 Å². The summed E-state index contributed by atoms with van der Waals surface area (Å²) in [4.78, 5) is 23.0. The lowest BCUT2D eigenvalue weighted by Gasteiger charge is -2.13. The van der Waals surface area contributed by atoms with Crippen molar-refractivity contribution in [1.82, 2.24) is 5.32 Å². The Balaban J connectivity index is 2.67. The first-order valence-electron chi connectivity index (χ1n) is 4.79. The predicted octanol–water partition coefficient (Wildman–Crippen LogP) is 0.356. The van der Waals surface area contributed by atoms with Crippen LogP contribution in [0, 0.1) is 0 Å². The first kappa shape index (κ1) is 12.8. The van der Waals surface area contributed by atoms with Crippen LogP contribution in [0.4, 0.5) is 0 Å². The van der Waals surface area contributed by atoms with Gasteiger partial charge in [0.1, 0.15) is 0 Å². The maximum Gasteiger partial charge on any atom is 0.305 e. The zero-order valence-corrected chi connectivity index (χ0v) is 9.37. The molecule has 0 amide bonds. The van der Waals surface area contributed by atoms with Crippen LogP contribution in [-0.2, 0) is 4.79 Å². The number of hydrogen-bond donors (Lipinski definition) is 3. The zero-order chi connectivity index (χ0) is 12.0. The Kier molecular flexibility index (Phi) is 5.10. The number of hydrogen-bond acceptors (Lipinski definition) is 5. The van der Waals surface area contributed by atoms with Crippen molar-refractivity contribution in [3.05, 3.63) is 22.4 Å². The number of thiophene rings is 1. The van der Waals surface area contributed by atoms with Crippen LogP contribution in [-0.4, -0.2) is 41.2 Å². The monoisotopic (exact) mass is 243 g/mol. The molecule has 0 aromatic carbocycles. The van der Waals surface area contributed by atoms with Crippen molar-refractivity contribution in [3.8, 4) is 0 Å². The van der Waals surface area contributed by atoms with Gasteiger partial charge in [0.25, 0.3) is 0 Å². The molecule has 6 heteroatoms. The van der Waals surface area contributed by atoms with E-state index in [-0.39, 0.29) is 25.4 Å². The van der Waals surface area contributed by atoms with Gasteiger partial charge < -0.3 is 15.5 Å². The Hall–Kier alpha value is -1.24. The first-order valence-corrected chi connectivity index (χ1v) is 5.67. The van der Waals surface area contributed by atoms with Crippen LogP contribution in [0.15, 0.2) is 17.5 Å². The van der Waals surface area contributed by atoms with Crippen molar-refractivity contribution in [2.45, 2.75) is 12.5 Å².